The molecule has 0 aliphatic rings. The van der Waals surface area contributed by atoms with Gasteiger partial charge < -0.3 is 19.8 Å². The Labute approximate surface area is 139 Å². The average Bonchev–Trinajstić information content (AvgIpc) is 2.96. The highest BCUT2D eigenvalue weighted by Crippen LogP contribution is 2.18. The standard InChI is InChI=1S/C15H19ClN4O3/c1-10(21)9-20(2)15(22)17-8-7-13-18-14(19-23-13)11-3-5-12(16)6-4-11/h3-6,10,21H,7-9H2,1-2H3,(H,17,22). The number of aliphatic hydroxyl groups excluding tert-OH is 1. The second-order valence-electron chi connectivity index (χ2n) is 5.23. The molecule has 7 nitrogen and oxygen atoms in total. The molecule has 0 saturated carbocycles. The van der Waals surface area contributed by atoms with E-state index >= 15 is 0 Å². The predicted molar refractivity (Wildman–Crippen MR) is 86.2 cm³/mol. The Balaban J connectivity index is 1.83. The van der Waals surface area contributed by atoms with Crippen LogP contribution in [0.4, 0.5) is 4.79 Å². The summed E-state index contributed by atoms with van der Waals surface area (Å²) >= 11 is 5.84. The monoisotopic (exact) mass is 338 g/mol. The van der Waals surface area contributed by atoms with Gasteiger partial charge in [-0.25, -0.2) is 4.79 Å². The fourth-order valence-corrected chi connectivity index (χ4v) is 2.09. The maximum absolute atomic E-state index is 11.8. The van der Waals surface area contributed by atoms with Crippen LogP contribution in [0.2, 0.25) is 5.02 Å². The van der Waals surface area contributed by atoms with Gasteiger partial charge in [0.1, 0.15) is 0 Å². The summed E-state index contributed by atoms with van der Waals surface area (Å²) in [5, 5.41) is 16.5. The largest absolute Gasteiger partial charge is 0.392 e. The van der Waals surface area contributed by atoms with E-state index in [4.69, 9.17) is 16.1 Å². The summed E-state index contributed by atoms with van der Waals surface area (Å²) in [5.41, 5.74) is 0.810. The van der Waals surface area contributed by atoms with Gasteiger partial charge in [0, 0.05) is 37.1 Å². The molecule has 0 spiro atoms. The fraction of sp³-hybridized carbons (Fsp3) is 0.400. The minimum Gasteiger partial charge on any atom is -0.392 e. The molecule has 124 valence electrons. The Hall–Kier alpha value is -2.12. The Morgan fingerprint density at radius 2 is 2.13 bits per heavy atom. The molecule has 0 saturated heterocycles. The summed E-state index contributed by atoms with van der Waals surface area (Å²) in [6, 6.07) is 6.87. The molecule has 0 aliphatic carbocycles. The lowest BCUT2D eigenvalue weighted by molar-refractivity contribution is 0.144. The van der Waals surface area contributed by atoms with Crippen LogP contribution in [0.25, 0.3) is 11.4 Å². The van der Waals surface area contributed by atoms with Crippen LogP contribution >= 0.6 is 11.6 Å². The number of nitrogens with one attached hydrogen (secondary N) is 1. The lowest BCUT2D eigenvalue weighted by atomic mass is 10.2. The minimum atomic E-state index is -0.566. The van der Waals surface area contributed by atoms with Crippen LogP contribution in [-0.4, -0.2) is 52.4 Å². The number of aromatic nitrogens is 2. The van der Waals surface area contributed by atoms with Crippen molar-refractivity contribution >= 4 is 17.6 Å². The molecule has 2 N–H and O–H groups in total. The number of urea groups is 1. The van der Waals surface area contributed by atoms with Crippen LogP contribution < -0.4 is 5.32 Å². The van der Waals surface area contributed by atoms with Crippen LogP contribution in [0.15, 0.2) is 28.8 Å². The number of carbonyl (C=O) groups is 1. The molecule has 2 rings (SSSR count). The Morgan fingerprint density at radius 1 is 1.43 bits per heavy atom. The zero-order valence-electron chi connectivity index (χ0n) is 13.0. The van der Waals surface area contributed by atoms with Crippen molar-refractivity contribution in [2.75, 3.05) is 20.1 Å². The number of carbonyl (C=O) groups excluding carboxylic acids is 1. The molecule has 1 aromatic heterocycles. The lowest BCUT2D eigenvalue weighted by Crippen LogP contribution is -2.41. The van der Waals surface area contributed by atoms with Crippen molar-refractivity contribution in [2.45, 2.75) is 19.4 Å². The molecule has 2 aromatic rings. The highest BCUT2D eigenvalue weighted by Gasteiger charge is 2.12. The van der Waals surface area contributed by atoms with Crippen LogP contribution in [0.1, 0.15) is 12.8 Å². The summed E-state index contributed by atoms with van der Waals surface area (Å²) in [5.74, 6) is 0.919. The van der Waals surface area contributed by atoms with Gasteiger partial charge in [0.05, 0.1) is 6.10 Å². The third kappa shape index (κ3) is 5.22. The Bertz CT molecular complexity index is 642. The van der Waals surface area contributed by atoms with E-state index in [-0.39, 0.29) is 12.6 Å². The van der Waals surface area contributed by atoms with E-state index in [0.29, 0.717) is 29.7 Å². The maximum Gasteiger partial charge on any atom is 0.317 e. The van der Waals surface area contributed by atoms with Gasteiger partial charge in [0.15, 0.2) is 0 Å². The van der Waals surface area contributed by atoms with Crippen molar-refractivity contribution in [1.82, 2.24) is 20.4 Å². The topological polar surface area (TPSA) is 91.5 Å². The van der Waals surface area contributed by atoms with Gasteiger partial charge >= 0.3 is 6.03 Å². The van der Waals surface area contributed by atoms with E-state index in [9.17, 15) is 9.90 Å². The average molecular weight is 339 g/mol. The van der Waals surface area contributed by atoms with Crippen molar-refractivity contribution < 1.29 is 14.4 Å². The number of amides is 2. The highest BCUT2D eigenvalue weighted by molar-refractivity contribution is 6.30. The van der Waals surface area contributed by atoms with Crippen molar-refractivity contribution in [3.05, 3.63) is 35.2 Å². The van der Waals surface area contributed by atoms with Crippen LogP contribution in [0, 0.1) is 0 Å². The number of hydrogen-bond acceptors (Lipinski definition) is 5. The summed E-state index contributed by atoms with van der Waals surface area (Å²) in [6.07, 6.45) is -0.141. The van der Waals surface area contributed by atoms with E-state index in [1.807, 2.05) is 12.1 Å². The van der Waals surface area contributed by atoms with Gasteiger partial charge in [-0.1, -0.05) is 16.8 Å². The van der Waals surface area contributed by atoms with Gasteiger partial charge in [-0.05, 0) is 31.2 Å². The molecule has 1 aromatic carbocycles. The lowest BCUT2D eigenvalue weighted by Gasteiger charge is -2.18. The van der Waals surface area contributed by atoms with Crippen molar-refractivity contribution in [2.24, 2.45) is 0 Å². The summed E-state index contributed by atoms with van der Waals surface area (Å²) < 4.78 is 5.16. The van der Waals surface area contributed by atoms with E-state index < -0.39 is 6.10 Å². The van der Waals surface area contributed by atoms with E-state index in [1.165, 1.54) is 4.90 Å². The quantitative estimate of drug-likeness (QED) is 0.840. The zero-order chi connectivity index (χ0) is 16.8. The SMILES string of the molecule is CC(O)CN(C)C(=O)NCCc1nc(-c2ccc(Cl)cc2)no1. The summed E-state index contributed by atoms with van der Waals surface area (Å²) in [4.78, 5) is 17.4. The number of halogens is 1. The number of aliphatic hydroxyl groups is 1. The molecule has 1 atom stereocenters. The number of benzene rings is 1. The highest BCUT2D eigenvalue weighted by atomic mass is 35.5. The van der Waals surface area contributed by atoms with Crippen molar-refractivity contribution in [3.8, 4) is 11.4 Å². The first-order chi connectivity index (χ1) is 11.0. The molecule has 23 heavy (non-hydrogen) atoms. The summed E-state index contributed by atoms with van der Waals surface area (Å²) in [7, 11) is 1.62. The number of rotatable bonds is 6. The maximum atomic E-state index is 11.8. The first-order valence-electron chi connectivity index (χ1n) is 7.21. The second kappa shape index (κ2) is 7.94. The molecular formula is C15H19ClN4O3. The number of hydrogen-bond donors (Lipinski definition) is 2. The van der Waals surface area contributed by atoms with Crippen molar-refractivity contribution in [1.29, 1.82) is 0 Å². The van der Waals surface area contributed by atoms with E-state index in [2.05, 4.69) is 15.5 Å². The van der Waals surface area contributed by atoms with Crippen LogP contribution in [-0.2, 0) is 6.42 Å². The molecule has 2 amide bonds. The van der Waals surface area contributed by atoms with Gasteiger partial charge in [-0.2, -0.15) is 4.98 Å². The second-order valence-corrected chi connectivity index (χ2v) is 5.67. The van der Waals surface area contributed by atoms with Gasteiger partial charge in [0.2, 0.25) is 11.7 Å². The molecule has 0 radical (unpaired) electrons. The molecule has 1 heterocycles. The number of nitrogens with zero attached hydrogens (tertiary/aromatic N) is 3. The molecule has 0 bridgehead atoms. The first-order valence-corrected chi connectivity index (χ1v) is 7.59. The van der Waals surface area contributed by atoms with Gasteiger partial charge in [0.25, 0.3) is 0 Å². The minimum absolute atomic E-state index is 0.261. The first kappa shape index (κ1) is 17.2. The third-order valence-corrected chi connectivity index (χ3v) is 3.32. The number of likely N-dealkylation sites (N-methyl/N-ethyl adjacent to an activating group) is 1. The smallest absolute Gasteiger partial charge is 0.317 e. The molecule has 1 unspecified atom stereocenters. The Kier molecular flexibility index (Phi) is 5.95. The van der Waals surface area contributed by atoms with Gasteiger partial charge in [-0.15, -0.1) is 0 Å². The molecule has 0 aliphatic heterocycles. The predicted octanol–water partition coefficient (Wildman–Crippen LogP) is 1.95. The fourth-order valence-electron chi connectivity index (χ4n) is 1.96. The summed E-state index contributed by atoms with van der Waals surface area (Å²) in [6.45, 7) is 2.26. The molecular weight excluding hydrogens is 320 g/mol. The van der Waals surface area contributed by atoms with E-state index in [1.54, 1.807) is 26.1 Å². The van der Waals surface area contributed by atoms with Crippen molar-refractivity contribution in [3.63, 3.8) is 0 Å². The molecule has 8 heteroatoms. The van der Waals surface area contributed by atoms with Gasteiger partial charge in [-0.3, -0.25) is 0 Å². The van der Waals surface area contributed by atoms with E-state index in [0.717, 1.165) is 5.56 Å². The van der Waals surface area contributed by atoms with Crippen LogP contribution in [0.5, 0.6) is 0 Å². The normalized spacial score (nSPS) is 12.0. The zero-order valence-corrected chi connectivity index (χ0v) is 13.7. The third-order valence-electron chi connectivity index (χ3n) is 3.07. The molecule has 0 fully saturated rings. The van der Waals surface area contributed by atoms with Crippen LogP contribution in [0.3, 0.4) is 0 Å². The Morgan fingerprint density at radius 3 is 2.78 bits per heavy atom.